The zero-order valence-corrected chi connectivity index (χ0v) is 20.6. The van der Waals surface area contributed by atoms with Crippen LogP contribution in [0, 0.1) is 20.2 Å². The molecular formula is C27H16N4O7S. The fourth-order valence-electron chi connectivity index (χ4n) is 3.92. The second-order valence-electron chi connectivity index (χ2n) is 8.31. The van der Waals surface area contributed by atoms with Gasteiger partial charge in [0.05, 0.1) is 26.7 Å². The summed E-state index contributed by atoms with van der Waals surface area (Å²) in [6, 6.07) is 22.6. The zero-order chi connectivity index (χ0) is 27.7. The van der Waals surface area contributed by atoms with Crippen LogP contribution in [-0.2, 0) is 0 Å². The number of amides is 3. The highest BCUT2D eigenvalue weighted by Crippen LogP contribution is 2.32. The molecule has 0 atom stereocenters. The van der Waals surface area contributed by atoms with Crippen molar-refractivity contribution >= 4 is 52.2 Å². The quantitative estimate of drug-likeness (QED) is 0.178. The number of benzene rings is 4. The molecule has 1 aliphatic heterocycles. The maximum absolute atomic E-state index is 12.8. The van der Waals surface area contributed by atoms with Crippen LogP contribution in [0.5, 0.6) is 0 Å². The topological polar surface area (TPSA) is 153 Å². The Morgan fingerprint density at radius 1 is 0.692 bits per heavy atom. The van der Waals surface area contributed by atoms with Gasteiger partial charge in [0.1, 0.15) is 0 Å². The number of rotatable bonds is 7. The van der Waals surface area contributed by atoms with Gasteiger partial charge in [0.2, 0.25) is 0 Å². The first-order valence-electron chi connectivity index (χ1n) is 11.3. The number of carbonyl (C=O) groups excluding carboxylic acids is 3. The van der Waals surface area contributed by atoms with Gasteiger partial charge in [0.25, 0.3) is 29.1 Å². The van der Waals surface area contributed by atoms with Crippen molar-refractivity contribution in [3.8, 4) is 0 Å². The molecule has 0 bridgehead atoms. The fraction of sp³-hybridized carbons (Fsp3) is 0. The molecule has 0 fully saturated rings. The second-order valence-corrected chi connectivity index (χ2v) is 9.46. The summed E-state index contributed by atoms with van der Waals surface area (Å²) < 4.78 is 0. The van der Waals surface area contributed by atoms with Gasteiger partial charge < -0.3 is 5.32 Å². The van der Waals surface area contributed by atoms with Gasteiger partial charge in [-0.1, -0.05) is 11.8 Å². The summed E-state index contributed by atoms with van der Waals surface area (Å²) in [4.78, 5) is 61.6. The average molecular weight is 541 g/mol. The number of nitro benzene ring substituents is 2. The number of carbonyl (C=O) groups is 3. The molecule has 192 valence electrons. The number of nitro groups is 2. The first-order chi connectivity index (χ1) is 18.7. The number of imide groups is 1. The molecule has 39 heavy (non-hydrogen) atoms. The number of anilines is 2. The Kier molecular flexibility index (Phi) is 6.61. The Morgan fingerprint density at radius 2 is 1.23 bits per heavy atom. The zero-order valence-electron chi connectivity index (χ0n) is 19.8. The lowest BCUT2D eigenvalue weighted by atomic mass is 10.1. The molecule has 3 amide bonds. The summed E-state index contributed by atoms with van der Waals surface area (Å²) in [6.45, 7) is 0. The van der Waals surface area contributed by atoms with E-state index in [4.69, 9.17) is 0 Å². The van der Waals surface area contributed by atoms with E-state index in [1.807, 2.05) is 0 Å². The molecule has 0 saturated carbocycles. The molecule has 1 N–H and O–H groups in total. The standard InChI is InChI=1S/C27H16N4O7S/c32-25(28-17-3-10-21(11-4-17)39-22-12-7-19(8-13-22)30(35)36)16-1-5-18(6-2-16)29-26(33)23-14-9-20(31(37)38)15-24(23)27(29)34/h1-15H,(H,28,32). The molecule has 1 heterocycles. The predicted molar refractivity (Wildman–Crippen MR) is 142 cm³/mol. The maximum atomic E-state index is 12.8. The predicted octanol–water partition coefficient (Wildman–Crippen LogP) is 5.71. The first kappa shape index (κ1) is 25.3. The van der Waals surface area contributed by atoms with Gasteiger partial charge in [-0.3, -0.25) is 34.6 Å². The molecule has 0 unspecified atom stereocenters. The number of nitrogens with one attached hydrogen (secondary N) is 1. The van der Waals surface area contributed by atoms with Crippen LogP contribution in [0.1, 0.15) is 31.1 Å². The summed E-state index contributed by atoms with van der Waals surface area (Å²) in [6.07, 6.45) is 0. The number of hydrogen-bond donors (Lipinski definition) is 1. The molecule has 1 aliphatic rings. The van der Waals surface area contributed by atoms with Crippen molar-refractivity contribution in [1.29, 1.82) is 0 Å². The van der Waals surface area contributed by atoms with Crippen LogP contribution in [0.2, 0.25) is 0 Å². The van der Waals surface area contributed by atoms with Gasteiger partial charge in [-0.2, -0.15) is 0 Å². The van der Waals surface area contributed by atoms with Gasteiger partial charge >= 0.3 is 0 Å². The molecule has 0 aliphatic carbocycles. The lowest BCUT2D eigenvalue weighted by molar-refractivity contribution is -0.385. The molecule has 0 saturated heterocycles. The minimum Gasteiger partial charge on any atom is -0.322 e. The Hall–Kier alpha value is -5.36. The number of fused-ring (bicyclic) bond motifs is 1. The lowest BCUT2D eigenvalue weighted by Crippen LogP contribution is -2.29. The summed E-state index contributed by atoms with van der Waals surface area (Å²) in [5.74, 6) is -1.69. The summed E-state index contributed by atoms with van der Waals surface area (Å²) in [7, 11) is 0. The van der Waals surface area contributed by atoms with E-state index >= 15 is 0 Å². The van der Waals surface area contributed by atoms with Crippen LogP contribution in [-0.4, -0.2) is 27.6 Å². The van der Waals surface area contributed by atoms with E-state index in [0.29, 0.717) is 5.69 Å². The third kappa shape index (κ3) is 5.08. The van der Waals surface area contributed by atoms with Crippen LogP contribution < -0.4 is 10.2 Å². The third-order valence-electron chi connectivity index (χ3n) is 5.86. The molecule has 4 aromatic carbocycles. The van der Waals surface area contributed by atoms with E-state index in [-0.39, 0.29) is 33.8 Å². The van der Waals surface area contributed by atoms with Gasteiger partial charge in [-0.25, -0.2) is 4.90 Å². The smallest absolute Gasteiger partial charge is 0.270 e. The van der Waals surface area contributed by atoms with Crippen LogP contribution in [0.4, 0.5) is 22.7 Å². The van der Waals surface area contributed by atoms with Crippen molar-refractivity contribution in [2.45, 2.75) is 9.79 Å². The van der Waals surface area contributed by atoms with Crippen LogP contribution in [0.25, 0.3) is 0 Å². The van der Waals surface area contributed by atoms with E-state index in [9.17, 15) is 34.6 Å². The Bertz CT molecular complexity index is 1650. The van der Waals surface area contributed by atoms with Crippen molar-refractivity contribution in [1.82, 2.24) is 0 Å². The van der Waals surface area contributed by atoms with Gasteiger partial charge in [-0.15, -0.1) is 0 Å². The van der Waals surface area contributed by atoms with Gasteiger partial charge in [-0.05, 0) is 66.7 Å². The molecule has 5 rings (SSSR count). The van der Waals surface area contributed by atoms with E-state index in [2.05, 4.69) is 5.32 Å². The number of hydrogen-bond acceptors (Lipinski definition) is 8. The average Bonchev–Trinajstić information content (AvgIpc) is 3.19. The highest BCUT2D eigenvalue weighted by molar-refractivity contribution is 7.99. The summed E-state index contributed by atoms with van der Waals surface area (Å²) in [5.41, 5.74) is 0.804. The lowest BCUT2D eigenvalue weighted by Gasteiger charge is -2.14. The third-order valence-corrected chi connectivity index (χ3v) is 6.88. The Morgan fingerprint density at radius 3 is 1.82 bits per heavy atom. The normalized spacial score (nSPS) is 12.3. The van der Waals surface area contributed by atoms with Crippen LogP contribution >= 0.6 is 11.8 Å². The van der Waals surface area contributed by atoms with Crippen molar-refractivity contribution in [3.05, 3.63) is 128 Å². The van der Waals surface area contributed by atoms with E-state index in [0.717, 1.165) is 20.8 Å². The van der Waals surface area contributed by atoms with E-state index in [1.165, 1.54) is 60.3 Å². The number of non-ortho nitro benzene ring substituents is 2. The SMILES string of the molecule is O=C(Nc1ccc(Sc2ccc([N+](=O)[O-])cc2)cc1)c1ccc(N2C(=O)c3ccc([N+](=O)[O-])cc3C2=O)cc1. The van der Waals surface area contributed by atoms with Crippen molar-refractivity contribution < 1.29 is 24.2 Å². The highest BCUT2D eigenvalue weighted by Gasteiger charge is 2.37. The minimum absolute atomic E-state index is 0.0143. The van der Waals surface area contributed by atoms with E-state index < -0.39 is 27.6 Å². The Balaban J connectivity index is 1.24. The molecular weight excluding hydrogens is 524 g/mol. The molecule has 0 aromatic heterocycles. The first-order valence-corrected chi connectivity index (χ1v) is 12.1. The molecule has 0 radical (unpaired) electrons. The second kappa shape index (κ2) is 10.2. The van der Waals surface area contributed by atoms with Crippen LogP contribution in [0.15, 0.2) is 101 Å². The van der Waals surface area contributed by atoms with Crippen molar-refractivity contribution in [3.63, 3.8) is 0 Å². The molecule has 11 nitrogen and oxygen atoms in total. The van der Waals surface area contributed by atoms with E-state index in [1.54, 1.807) is 36.4 Å². The molecule has 0 spiro atoms. The van der Waals surface area contributed by atoms with Crippen molar-refractivity contribution in [2.75, 3.05) is 10.2 Å². The molecule has 4 aromatic rings. The highest BCUT2D eigenvalue weighted by atomic mass is 32.2. The fourth-order valence-corrected chi connectivity index (χ4v) is 4.74. The monoisotopic (exact) mass is 540 g/mol. The summed E-state index contributed by atoms with van der Waals surface area (Å²) >= 11 is 1.42. The van der Waals surface area contributed by atoms with Gasteiger partial charge in [0, 0.05) is 45.3 Å². The Labute approximate surface area is 224 Å². The minimum atomic E-state index is -0.678. The largest absolute Gasteiger partial charge is 0.322 e. The molecule has 12 heteroatoms. The maximum Gasteiger partial charge on any atom is 0.270 e. The van der Waals surface area contributed by atoms with Crippen molar-refractivity contribution in [2.24, 2.45) is 0 Å². The number of nitrogens with zero attached hydrogens (tertiary/aromatic N) is 3. The van der Waals surface area contributed by atoms with Gasteiger partial charge in [0.15, 0.2) is 0 Å². The summed E-state index contributed by atoms with van der Waals surface area (Å²) in [5, 5.41) is 24.6. The van der Waals surface area contributed by atoms with Crippen LogP contribution in [0.3, 0.4) is 0 Å².